The van der Waals surface area contributed by atoms with Crippen LogP contribution in [0.5, 0.6) is 0 Å². The molecule has 4 aromatic rings. The Kier molecular flexibility index (Phi) is 9.85. The minimum Gasteiger partial charge on any atom is -0.453 e. The number of piperazine rings is 1. The molecule has 0 spiro atoms. The number of aromatic nitrogens is 2. The molecule has 11 nitrogen and oxygen atoms in total. The van der Waals surface area contributed by atoms with E-state index in [0.717, 1.165) is 52.3 Å². The number of para-hydroxylation sites is 1. The van der Waals surface area contributed by atoms with Gasteiger partial charge in [-0.25, -0.2) is 23.2 Å². The summed E-state index contributed by atoms with van der Waals surface area (Å²) in [4.78, 5) is 25.7. The average molecular weight is 664 g/mol. The molecule has 1 amide bonds. The summed E-state index contributed by atoms with van der Waals surface area (Å²) in [6.45, 7) is 9.92. The lowest BCUT2D eigenvalue weighted by atomic mass is 10.00. The van der Waals surface area contributed by atoms with Gasteiger partial charge in [0.15, 0.2) is 0 Å². The Morgan fingerprint density at radius 2 is 1.76 bits per heavy atom. The molecule has 2 aromatic heterocycles. The molecule has 4 heterocycles. The first-order valence-electron chi connectivity index (χ1n) is 15.7. The van der Waals surface area contributed by atoms with Crippen molar-refractivity contribution in [1.29, 1.82) is 0 Å². The van der Waals surface area contributed by atoms with Gasteiger partial charge >= 0.3 is 6.09 Å². The first-order valence-corrected chi connectivity index (χ1v) is 18.0. The smallest absolute Gasteiger partial charge is 0.411 e. The zero-order valence-electron chi connectivity index (χ0n) is 26.5. The normalized spacial score (nSPS) is 17.3. The molecule has 46 heavy (non-hydrogen) atoms. The first-order chi connectivity index (χ1) is 22.2. The molecule has 2 N–H and O–H groups in total. The molecule has 0 saturated carbocycles. The van der Waals surface area contributed by atoms with Gasteiger partial charge < -0.3 is 10.1 Å². The number of nitrogens with zero attached hydrogens (tertiary/aromatic N) is 5. The van der Waals surface area contributed by atoms with Crippen molar-refractivity contribution >= 4 is 49.2 Å². The largest absolute Gasteiger partial charge is 0.453 e. The van der Waals surface area contributed by atoms with Crippen LogP contribution < -0.4 is 10.6 Å². The second kappa shape index (κ2) is 14.0. The number of aryl methyl sites for hydroxylation is 1. The fourth-order valence-corrected chi connectivity index (χ4v) is 9.48. The topological polar surface area (TPSA) is 120 Å². The van der Waals surface area contributed by atoms with E-state index in [1.807, 2.05) is 0 Å². The molecule has 2 aliphatic rings. The lowest BCUT2D eigenvalue weighted by Gasteiger charge is -2.35. The Morgan fingerprint density at radius 3 is 2.52 bits per heavy atom. The molecule has 0 radical (unpaired) electrons. The predicted octanol–water partition coefficient (Wildman–Crippen LogP) is 5.25. The van der Waals surface area contributed by atoms with Crippen LogP contribution in [0.1, 0.15) is 30.9 Å². The van der Waals surface area contributed by atoms with Crippen molar-refractivity contribution in [3.63, 3.8) is 0 Å². The Bertz CT molecular complexity index is 1800. The molecule has 0 aliphatic carbocycles. The number of ether oxygens (including phenoxy) is 1. The number of rotatable bonds is 10. The second-order valence-corrected chi connectivity index (χ2v) is 15.2. The molecule has 13 heteroatoms. The third-order valence-electron chi connectivity index (χ3n) is 8.61. The van der Waals surface area contributed by atoms with E-state index >= 15 is 0 Å². The second-order valence-electron chi connectivity index (χ2n) is 12.1. The number of likely N-dealkylation sites (tertiary alicyclic amines) is 1. The van der Waals surface area contributed by atoms with E-state index in [1.165, 1.54) is 42.9 Å². The van der Waals surface area contributed by atoms with Gasteiger partial charge in [-0.15, -0.1) is 11.3 Å². The van der Waals surface area contributed by atoms with Crippen LogP contribution in [0.2, 0.25) is 0 Å². The van der Waals surface area contributed by atoms with E-state index in [-0.39, 0.29) is 10.3 Å². The zero-order valence-corrected chi connectivity index (χ0v) is 28.2. The Hall–Kier alpha value is -3.62. The van der Waals surface area contributed by atoms with Crippen molar-refractivity contribution in [2.24, 2.45) is 0 Å². The van der Waals surface area contributed by atoms with Crippen molar-refractivity contribution in [3.05, 3.63) is 66.0 Å². The van der Waals surface area contributed by atoms with Crippen LogP contribution in [0.3, 0.4) is 0 Å². The number of fused-ring (bicyclic) bond motifs is 1. The highest BCUT2D eigenvalue weighted by atomic mass is 32.2. The van der Waals surface area contributed by atoms with Crippen molar-refractivity contribution in [2.45, 2.75) is 43.5 Å². The zero-order chi connectivity index (χ0) is 32.3. The van der Waals surface area contributed by atoms with Gasteiger partial charge in [0.05, 0.1) is 17.6 Å². The molecule has 6 rings (SSSR count). The Labute approximate surface area is 274 Å². The minimum absolute atomic E-state index is 0.0696. The van der Waals surface area contributed by atoms with Crippen LogP contribution in [0, 0.1) is 6.92 Å². The summed E-state index contributed by atoms with van der Waals surface area (Å²) >= 11 is 1.04. The fraction of sp³-hybridized carbons (Fsp3) is 0.424. The van der Waals surface area contributed by atoms with E-state index in [1.54, 1.807) is 19.3 Å². The van der Waals surface area contributed by atoms with Gasteiger partial charge in [0, 0.05) is 56.3 Å². The summed E-state index contributed by atoms with van der Waals surface area (Å²) in [5, 5.41) is 7.57. The number of hydrogen-bond donors (Lipinski definition) is 2. The van der Waals surface area contributed by atoms with Crippen LogP contribution in [0.15, 0.2) is 59.1 Å². The number of methoxy groups -OCH3 is 1. The molecule has 0 unspecified atom stereocenters. The maximum absolute atomic E-state index is 13.4. The lowest BCUT2D eigenvalue weighted by Crippen LogP contribution is -2.50. The standard InChI is InChI=1S/C33H41N7O4S2/c1-23-18-29(37-33(41)44-3)45-32(23)46(42,43)40-16-14-39(15-17-40)20-24(2)36-31-28-11-7-10-27(30(28)34-22-35-31)26-9-6-8-25(19-26)21-38-12-4-5-13-38/h6-11,18-19,22,24H,4-5,12-17,20-21H2,1-3H3,(H,37,41)(H,34,35,36)/t24-/m0/s1. The molecule has 244 valence electrons. The number of hydrogen-bond acceptors (Lipinski definition) is 10. The third-order valence-corrected chi connectivity index (χ3v) is 12.3. The van der Waals surface area contributed by atoms with E-state index in [0.29, 0.717) is 36.7 Å². The number of carbonyl (C=O) groups excluding carboxylic acids is 1. The van der Waals surface area contributed by atoms with Crippen molar-refractivity contribution in [2.75, 3.05) is 63.6 Å². The maximum Gasteiger partial charge on any atom is 0.411 e. The Balaban J connectivity index is 1.09. The predicted molar refractivity (Wildman–Crippen MR) is 183 cm³/mol. The molecule has 2 fully saturated rings. The SMILES string of the molecule is COC(=O)Nc1cc(C)c(S(=O)(=O)N2CCN(C[C@H](C)Nc3ncnc4c(-c5cccc(CN6CCCC6)c5)cccc34)CC2)s1. The van der Waals surface area contributed by atoms with E-state index in [4.69, 9.17) is 4.98 Å². The van der Waals surface area contributed by atoms with Gasteiger partial charge in [0.25, 0.3) is 10.0 Å². The molecular formula is C33H41N7O4S2. The van der Waals surface area contributed by atoms with Gasteiger partial charge in [-0.1, -0.05) is 30.3 Å². The summed E-state index contributed by atoms with van der Waals surface area (Å²) in [6, 6.07) is 16.7. The van der Waals surface area contributed by atoms with Crippen molar-refractivity contribution in [1.82, 2.24) is 24.1 Å². The molecule has 2 aliphatic heterocycles. The summed E-state index contributed by atoms with van der Waals surface area (Å²) in [5.74, 6) is 0.790. The number of amides is 1. The molecule has 0 bridgehead atoms. The number of thiophene rings is 1. The van der Waals surface area contributed by atoms with Gasteiger partial charge in [-0.2, -0.15) is 4.31 Å². The number of benzene rings is 2. The molecular weight excluding hydrogens is 623 g/mol. The van der Waals surface area contributed by atoms with Crippen LogP contribution in [0.4, 0.5) is 15.6 Å². The van der Waals surface area contributed by atoms with Crippen LogP contribution >= 0.6 is 11.3 Å². The monoisotopic (exact) mass is 663 g/mol. The molecule has 2 aromatic carbocycles. The number of carbonyl (C=O) groups is 1. The summed E-state index contributed by atoms with van der Waals surface area (Å²) in [5.41, 5.74) is 5.08. The molecule has 1 atom stereocenters. The quantitative estimate of drug-likeness (QED) is 0.235. The highest BCUT2D eigenvalue weighted by Crippen LogP contribution is 2.34. The number of anilines is 2. The van der Waals surface area contributed by atoms with Gasteiger partial charge in [-0.3, -0.25) is 15.1 Å². The molecule has 2 saturated heterocycles. The van der Waals surface area contributed by atoms with Gasteiger partial charge in [-0.05, 0) is 74.7 Å². The van der Waals surface area contributed by atoms with Gasteiger partial charge in [0.2, 0.25) is 0 Å². The highest BCUT2D eigenvalue weighted by molar-refractivity contribution is 7.91. The number of sulfonamides is 1. The highest BCUT2D eigenvalue weighted by Gasteiger charge is 2.32. The minimum atomic E-state index is -3.68. The van der Waals surface area contributed by atoms with Crippen molar-refractivity contribution < 1.29 is 17.9 Å². The maximum atomic E-state index is 13.4. The van der Waals surface area contributed by atoms with E-state index in [9.17, 15) is 13.2 Å². The summed E-state index contributed by atoms with van der Waals surface area (Å²) in [7, 11) is -2.41. The van der Waals surface area contributed by atoms with Gasteiger partial charge in [0.1, 0.15) is 16.4 Å². The van der Waals surface area contributed by atoms with Crippen LogP contribution in [-0.4, -0.2) is 97.5 Å². The van der Waals surface area contributed by atoms with Crippen LogP contribution in [0.25, 0.3) is 22.0 Å². The van der Waals surface area contributed by atoms with E-state index in [2.05, 4.69) is 79.5 Å². The first kappa shape index (κ1) is 32.3. The summed E-state index contributed by atoms with van der Waals surface area (Å²) < 4.78 is 33.3. The van der Waals surface area contributed by atoms with Crippen molar-refractivity contribution in [3.8, 4) is 11.1 Å². The fourth-order valence-electron chi connectivity index (χ4n) is 6.34. The third kappa shape index (κ3) is 7.18. The lowest BCUT2D eigenvalue weighted by molar-refractivity contribution is 0.184. The number of nitrogens with one attached hydrogen (secondary N) is 2. The Morgan fingerprint density at radius 1 is 1.00 bits per heavy atom. The van der Waals surface area contributed by atoms with Crippen LogP contribution in [-0.2, 0) is 21.3 Å². The summed E-state index contributed by atoms with van der Waals surface area (Å²) in [6.07, 6.45) is 3.55. The van der Waals surface area contributed by atoms with E-state index < -0.39 is 16.1 Å². The average Bonchev–Trinajstić information content (AvgIpc) is 3.70.